The average Bonchev–Trinajstić information content (AvgIpc) is 3.00. The van der Waals surface area contributed by atoms with Crippen molar-refractivity contribution in [2.24, 2.45) is 10.8 Å². The van der Waals surface area contributed by atoms with E-state index < -0.39 is 16.9 Å². The Morgan fingerprint density at radius 3 is 2.06 bits per heavy atom. The summed E-state index contributed by atoms with van der Waals surface area (Å²) in [5.41, 5.74) is -1.40. The summed E-state index contributed by atoms with van der Waals surface area (Å²) in [5.74, 6) is 0.101. The first-order chi connectivity index (χ1) is 14.4. The van der Waals surface area contributed by atoms with Crippen molar-refractivity contribution in [1.29, 1.82) is 0 Å². The van der Waals surface area contributed by atoms with Gasteiger partial charge < -0.3 is 14.2 Å². The molecule has 0 saturated heterocycles. The Labute approximate surface area is 182 Å². The van der Waals surface area contributed by atoms with Gasteiger partial charge in [-0.25, -0.2) is 0 Å². The minimum Gasteiger partial charge on any atom is -0.497 e. The Balaban J connectivity index is 1.95. The van der Waals surface area contributed by atoms with Crippen molar-refractivity contribution in [3.05, 3.63) is 35.1 Å². The van der Waals surface area contributed by atoms with Crippen LogP contribution in [0.25, 0.3) is 0 Å². The molecular weight excluding hydrogens is 396 g/mol. The number of carbonyl (C=O) groups excluding carboxylic acids is 3. The molecule has 31 heavy (non-hydrogen) atoms. The van der Waals surface area contributed by atoms with Gasteiger partial charge in [0.15, 0.2) is 17.3 Å². The molecule has 1 fully saturated rings. The summed E-state index contributed by atoms with van der Waals surface area (Å²) in [7, 11) is 3.08. The minimum atomic E-state index is -1.71. The van der Waals surface area contributed by atoms with Crippen molar-refractivity contribution in [3.8, 4) is 11.5 Å². The van der Waals surface area contributed by atoms with Crippen molar-refractivity contribution >= 4 is 17.3 Å². The van der Waals surface area contributed by atoms with E-state index in [-0.39, 0.29) is 35.6 Å². The molecule has 6 heteroatoms. The predicted molar refractivity (Wildman–Crippen MR) is 114 cm³/mol. The zero-order valence-corrected chi connectivity index (χ0v) is 19.1. The van der Waals surface area contributed by atoms with E-state index >= 15 is 0 Å². The summed E-state index contributed by atoms with van der Waals surface area (Å²) in [6, 6.07) is 5.24. The van der Waals surface area contributed by atoms with E-state index in [9.17, 15) is 14.4 Å². The van der Waals surface area contributed by atoms with E-state index in [0.717, 1.165) is 0 Å². The van der Waals surface area contributed by atoms with Crippen molar-refractivity contribution < 1.29 is 28.6 Å². The molecule has 1 heterocycles. The molecule has 0 radical (unpaired) electrons. The number of ketones is 3. The third-order valence-corrected chi connectivity index (χ3v) is 6.72. The Morgan fingerprint density at radius 2 is 1.48 bits per heavy atom. The molecule has 0 amide bonds. The second-order valence-electron chi connectivity index (χ2n) is 10.5. The van der Waals surface area contributed by atoms with Gasteiger partial charge in [0.1, 0.15) is 17.3 Å². The van der Waals surface area contributed by atoms with Crippen molar-refractivity contribution in [2.75, 3.05) is 14.2 Å². The SMILES string of the molecule is COc1ccc(C2C3=C(CC(C)(C)CC3=O)OC23C(=O)CC(C)(C)CC3=O)c(OC)c1. The lowest BCUT2D eigenvalue weighted by Crippen LogP contribution is -2.57. The summed E-state index contributed by atoms with van der Waals surface area (Å²) < 4.78 is 17.2. The maximum absolute atomic E-state index is 13.6. The van der Waals surface area contributed by atoms with Crippen LogP contribution in [0.1, 0.15) is 64.9 Å². The van der Waals surface area contributed by atoms with Crippen LogP contribution in [0.15, 0.2) is 29.5 Å². The molecule has 3 aliphatic rings. The molecule has 1 aromatic rings. The lowest BCUT2D eigenvalue weighted by atomic mass is 9.61. The molecule has 4 rings (SSSR count). The van der Waals surface area contributed by atoms with Gasteiger partial charge in [0.25, 0.3) is 0 Å². The first kappa shape index (κ1) is 21.6. The number of rotatable bonds is 3. The molecule has 166 valence electrons. The molecule has 2 aliphatic carbocycles. The van der Waals surface area contributed by atoms with Gasteiger partial charge in [0, 0.05) is 42.9 Å². The Bertz CT molecular complexity index is 993. The monoisotopic (exact) mass is 426 g/mol. The summed E-state index contributed by atoms with van der Waals surface area (Å²) in [5, 5.41) is 0. The Hall–Kier alpha value is -2.63. The number of benzene rings is 1. The van der Waals surface area contributed by atoms with E-state index in [4.69, 9.17) is 14.2 Å². The maximum atomic E-state index is 13.6. The predicted octanol–water partition coefficient (Wildman–Crippen LogP) is 4.16. The van der Waals surface area contributed by atoms with Gasteiger partial charge in [-0.05, 0) is 16.9 Å². The van der Waals surface area contributed by atoms with E-state index in [1.54, 1.807) is 25.3 Å². The summed E-state index contributed by atoms with van der Waals surface area (Å²) >= 11 is 0. The molecule has 1 atom stereocenters. The number of hydrogen-bond donors (Lipinski definition) is 0. The summed E-state index contributed by atoms with van der Waals surface area (Å²) in [6.45, 7) is 7.82. The van der Waals surface area contributed by atoms with E-state index in [1.807, 2.05) is 27.7 Å². The molecular formula is C25H30O6. The average molecular weight is 427 g/mol. The van der Waals surface area contributed by atoms with Crippen LogP contribution in [0.5, 0.6) is 11.5 Å². The third-order valence-electron chi connectivity index (χ3n) is 6.72. The molecule has 0 N–H and O–H groups in total. The van der Waals surface area contributed by atoms with Crippen molar-refractivity contribution in [1.82, 2.24) is 0 Å². The van der Waals surface area contributed by atoms with E-state index in [0.29, 0.717) is 41.2 Å². The molecule has 1 spiro atoms. The number of hydrogen-bond acceptors (Lipinski definition) is 6. The molecule has 6 nitrogen and oxygen atoms in total. The molecule has 0 bridgehead atoms. The van der Waals surface area contributed by atoms with Crippen LogP contribution in [0.4, 0.5) is 0 Å². The highest BCUT2D eigenvalue weighted by atomic mass is 16.5. The zero-order chi connectivity index (χ0) is 22.8. The van der Waals surface area contributed by atoms with Crippen LogP contribution in [0.3, 0.4) is 0 Å². The van der Waals surface area contributed by atoms with Crippen molar-refractivity contribution in [3.63, 3.8) is 0 Å². The second-order valence-corrected chi connectivity index (χ2v) is 10.5. The number of carbonyl (C=O) groups is 3. The van der Waals surface area contributed by atoms with Gasteiger partial charge in [-0.2, -0.15) is 0 Å². The molecule has 1 saturated carbocycles. The van der Waals surface area contributed by atoms with Crippen LogP contribution in [0.2, 0.25) is 0 Å². The number of Topliss-reactive ketones (excluding diaryl/α,β-unsaturated/α-hetero) is 3. The van der Waals surface area contributed by atoms with Crippen LogP contribution < -0.4 is 9.47 Å². The highest BCUT2D eigenvalue weighted by molar-refractivity contribution is 6.17. The largest absolute Gasteiger partial charge is 0.497 e. The maximum Gasteiger partial charge on any atom is 0.235 e. The normalized spacial score (nSPS) is 26.0. The van der Waals surface area contributed by atoms with Gasteiger partial charge in [-0.1, -0.05) is 33.8 Å². The first-order valence-corrected chi connectivity index (χ1v) is 10.7. The minimum absolute atomic E-state index is 0.0728. The Kier molecular flexibility index (Phi) is 4.83. The number of methoxy groups -OCH3 is 2. The number of ether oxygens (including phenoxy) is 3. The highest BCUT2D eigenvalue weighted by Crippen LogP contribution is 2.58. The second kappa shape index (κ2) is 6.94. The fourth-order valence-corrected chi connectivity index (χ4v) is 5.36. The number of allylic oxidation sites excluding steroid dienone is 1. The van der Waals surface area contributed by atoms with Gasteiger partial charge in [-0.3, -0.25) is 14.4 Å². The standard InChI is InChI=1S/C25H30O6/c1-23(2)10-16(26)21-18(11-23)31-25(19(27)12-24(3,4)13-20(25)28)22(21)15-8-7-14(29-5)9-17(15)30-6/h7-9,22H,10-13H2,1-6H3. The molecule has 1 aliphatic heterocycles. The quantitative estimate of drug-likeness (QED) is 0.676. The van der Waals surface area contributed by atoms with E-state index in [2.05, 4.69) is 0 Å². The van der Waals surface area contributed by atoms with Gasteiger partial charge in [0.2, 0.25) is 5.60 Å². The van der Waals surface area contributed by atoms with Gasteiger partial charge in [-0.15, -0.1) is 0 Å². The molecule has 1 unspecified atom stereocenters. The third kappa shape index (κ3) is 3.27. The van der Waals surface area contributed by atoms with Gasteiger partial charge >= 0.3 is 0 Å². The smallest absolute Gasteiger partial charge is 0.235 e. The zero-order valence-electron chi connectivity index (χ0n) is 19.1. The summed E-state index contributed by atoms with van der Waals surface area (Å²) in [6.07, 6.45) is 1.28. The van der Waals surface area contributed by atoms with Crippen LogP contribution in [-0.2, 0) is 19.1 Å². The lowest BCUT2D eigenvalue weighted by molar-refractivity contribution is -0.160. The molecule has 0 aromatic heterocycles. The van der Waals surface area contributed by atoms with E-state index in [1.165, 1.54) is 7.11 Å². The lowest BCUT2D eigenvalue weighted by Gasteiger charge is -2.41. The molecule has 1 aromatic carbocycles. The van der Waals surface area contributed by atoms with Crippen LogP contribution in [-0.4, -0.2) is 37.2 Å². The van der Waals surface area contributed by atoms with Crippen LogP contribution >= 0.6 is 0 Å². The fourth-order valence-electron chi connectivity index (χ4n) is 5.36. The van der Waals surface area contributed by atoms with Gasteiger partial charge in [0.05, 0.1) is 20.1 Å². The first-order valence-electron chi connectivity index (χ1n) is 10.7. The summed E-state index contributed by atoms with van der Waals surface area (Å²) in [4.78, 5) is 40.6. The topological polar surface area (TPSA) is 78.9 Å². The fraction of sp³-hybridized carbons (Fsp3) is 0.560. The van der Waals surface area contributed by atoms with Crippen LogP contribution in [0, 0.1) is 10.8 Å². The highest BCUT2D eigenvalue weighted by Gasteiger charge is 2.66. The van der Waals surface area contributed by atoms with Crippen molar-refractivity contribution in [2.45, 2.75) is 64.9 Å². The Morgan fingerprint density at radius 1 is 0.871 bits per heavy atom.